The van der Waals surface area contributed by atoms with Crippen molar-refractivity contribution in [1.29, 1.82) is 0 Å². The SMILES string of the molecule is CO[C@H]1CCN(C(=O)C2CC(F)(F)C2)[C@H]1Cc1cnn(C)c1. The normalized spacial score (nSPS) is 27.9. The number of hydrogen-bond donors (Lipinski definition) is 0. The Labute approximate surface area is 128 Å². The summed E-state index contributed by atoms with van der Waals surface area (Å²) in [7, 11) is 3.47. The van der Waals surface area contributed by atoms with Crippen molar-refractivity contribution in [2.45, 2.75) is 43.8 Å². The van der Waals surface area contributed by atoms with Gasteiger partial charge < -0.3 is 9.64 Å². The Morgan fingerprint density at radius 3 is 2.77 bits per heavy atom. The molecular formula is C15H21F2N3O2. The Bertz CT molecular complexity index is 553. The number of amides is 1. The Hall–Kier alpha value is -1.50. The molecule has 1 aromatic heterocycles. The average Bonchev–Trinajstić information content (AvgIpc) is 3.02. The summed E-state index contributed by atoms with van der Waals surface area (Å²) in [6.45, 7) is 0.574. The molecule has 3 rings (SSSR count). The number of ether oxygens (including phenoxy) is 1. The van der Waals surface area contributed by atoms with Gasteiger partial charge in [0.25, 0.3) is 0 Å². The number of aromatic nitrogens is 2. The summed E-state index contributed by atoms with van der Waals surface area (Å²) in [6.07, 6.45) is 4.37. The van der Waals surface area contributed by atoms with Gasteiger partial charge in [0.15, 0.2) is 0 Å². The van der Waals surface area contributed by atoms with E-state index in [1.54, 1.807) is 22.9 Å². The molecule has 122 valence electrons. The zero-order valence-corrected chi connectivity index (χ0v) is 12.8. The Morgan fingerprint density at radius 1 is 1.50 bits per heavy atom. The van der Waals surface area contributed by atoms with E-state index in [4.69, 9.17) is 4.74 Å². The smallest absolute Gasteiger partial charge is 0.249 e. The monoisotopic (exact) mass is 313 g/mol. The molecule has 2 aliphatic rings. The van der Waals surface area contributed by atoms with Crippen molar-refractivity contribution in [3.05, 3.63) is 18.0 Å². The van der Waals surface area contributed by atoms with Crippen LogP contribution in [0.15, 0.2) is 12.4 Å². The number of halogens is 2. The van der Waals surface area contributed by atoms with Crippen molar-refractivity contribution in [2.75, 3.05) is 13.7 Å². The van der Waals surface area contributed by atoms with Crippen LogP contribution in [0.5, 0.6) is 0 Å². The lowest BCUT2D eigenvalue weighted by Gasteiger charge is -2.38. The number of hydrogen-bond acceptors (Lipinski definition) is 3. The van der Waals surface area contributed by atoms with E-state index in [1.807, 2.05) is 13.2 Å². The molecule has 2 heterocycles. The lowest BCUT2D eigenvalue weighted by molar-refractivity contribution is -0.161. The van der Waals surface area contributed by atoms with Gasteiger partial charge in [-0.25, -0.2) is 8.78 Å². The van der Waals surface area contributed by atoms with E-state index in [2.05, 4.69) is 5.10 Å². The van der Waals surface area contributed by atoms with Gasteiger partial charge in [-0.1, -0.05) is 0 Å². The number of alkyl halides is 2. The van der Waals surface area contributed by atoms with Crippen molar-refractivity contribution in [2.24, 2.45) is 13.0 Å². The van der Waals surface area contributed by atoms with Gasteiger partial charge in [0.2, 0.25) is 11.8 Å². The highest BCUT2D eigenvalue weighted by molar-refractivity contribution is 5.80. The van der Waals surface area contributed by atoms with Crippen LogP contribution in [-0.2, 0) is 23.0 Å². The number of methoxy groups -OCH3 is 1. The number of carbonyl (C=O) groups is 1. The minimum absolute atomic E-state index is 0.0512. The summed E-state index contributed by atoms with van der Waals surface area (Å²) >= 11 is 0. The minimum Gasteiger partial charge on any atom is -0.379 e. The second-order valence-electron chi connectivity index (χ2n) is 6.35. The third-order valence-electron chi connectivity index (χ3n) is 4.71. The molecule has 0 unspecified atom stereocenters. The molecule has 5 nitrogen and oxygen atoms in total. The maximum Gasteiger partial charge on any atom is 0.249 e. The van der Waals surface area contributed by atoms with Gasteiger partial charge >= 0.3 is 0 Å². The zero-order valence-electron chi connectivity index (χ0n) is 12.8. The summed E-state index contributed by atoms with van der Waals surface area (Å²) in [5.41, 5.74) is 1.02. The number of likely N-dealkylation sites (tertiary alicyclic amines) is 1. The standard InChI is InChI=1S/C15H21F2N3O2/c1-19-9-10(8-18-19)5-12-13(22-2)3-4-20(12)14(21)11-6-15(16,17)7-11/h8-9,11-13H,3-7H2,1-2H3/t12-,13-/m0/s1. The van der Waals surface area contributed by atoms with Crippen molar-refractivity contribution >= 4 is 5.91 Å². The van der Waals surface area contributed by atoms with Gasteiger partial charge in [-0.2, -0.15) is 5.10 Å². The summed E-state index contributed by atoms with van der Waals surface area (Å²) in [5, 5.41) is 4.13. The predicted molar refractivity (Wildman–Crippen MR) is 75.5 cm³/mol. The third-order valence-corrected chi connectivity index (χ3v) is 4.71. The summed E-state index contributed by atoms with van der Waals surface area (Å²) in [5.74, 6) is -3.36. The molecule has 1 aromatic rings. The first-order chi connectivity index (χ1) is 10.4. The highest BCUT2D eigenvalue weighted by atomic mass is 19.3. The van der Waals surface area contributed by atoms with Crippen LogP contribution >= 0.6 is 0 Å². The molecule has 2 atom stereocenters. The molecule has 0 bridgehead atoms. The van der Waals surface area contributed by atoms with Crippen LogP contribution in [0.2, 0.25) is 0 Å². The number of nitrogens with zero attached hydrogens (tertiary/aromatic N) is 3. The fraction of sp³-hybridized carbons (Fsp3) is 0.733. The van der Waals surface area contributed by atoms with Crippen LogP contribution in [-0.4, -0.2) is 52.3 Å². The second kappa shape index (κ2) is 5.61. The molecule has 1 aliphatic heterocycles. The lowest BCUT2D eigenvalue weighted by atomic mass is 9.80. The van der Waals surface area contributed by atoms with Gasteiger partial charge in [0, 0.05) is 45.7 Å². The van der Waals surface area contributed by atoms with Crippen LogP contribution < -0.4 is 0 Å². The topological polar surface area (TPSA) is 47.4 Å². The maximum atomic E-state index is 13.0. The minimum atomic E-state index is -2.67. The quantitative estimate of drug-likeness (QED) is 0.849. The molecular weight excluding hydrogens is 292 g/mol. The van der Waals surface area contributed by atoms with Gasteiger partial charge in [0.1, 0.15) is 0 Å². The van der Waals surface area contributed by atoms with E-state index >= 15 is 0 Å². The van der Waals surface area contributed by atoms with Gasteiger partial charge in [-0.15, -0.1) is 0 Å². The van der Waals surface area contributed by atoms with Crippen LogP contribution in [0.4, 0.5) is 8.78 Å². The highest BCUT2D eigenvalue weighted by Gasteiger charge is 2.51. The molecule has 0 aromatic carbocycles. The first kappa shape index (κ1) is 15.4. The summed E-state index contributed by atoms with van der Waals surface area (Å²) in [6, 6.07) is -0.101. The van der Waals surface area contributed by atoms with E-state index in [-0.39, 0.29) is 30.9 Å². The van der Waals surface area contributed by atoms with Crippen molar-refractivity contribution < 1.29 is 18.3 Å². The first-order valence-corrected chi connectivity index (χ1v) is 7.58. The summed E-state index contributed by atoms with van der Waals surface area (Å²) in [4.78, 5) is 14.2. The van der Waals surface area contributed by atoms with Gasteiger partial charge in [0.05, 0.1) is 18.3 Å². The van der Waals surface area contributed by atoms with Crippen molar-refractivity contribution in [3.63, 3.8) is 0 Å². The lowest BCUT2D eigenvalue weighted by Crippen LogP contribution is -2.50. The highest BCUT2D eigenvalue weighted by Crippen LogP contribution is 2.44. The van der Waals surface area contributed by atoms with E-state index in [9.17, 15) is 13.6 Å². The van der Waals surface area contributed by atoms with Crippen molar-refractivity contribution in [1.82, 2.24) is 14.7 Å². The molecule has 0 spiro atoms. The molecule has 1 saturated heterocycles. The fourth-order valence-corrected chi connectivity index (χ4v) is 3.50. The van der Waals surface area contributed by atoms with E-state index in [0.29, 0.717) is 13.0 Å². The second-order valence-corrected chi connectivity index (χ2v) is 6.35. The third kappa shape index (κ3) is 2.86. The van der Waals surface area contributed by atoms with Crippen molar-refractivity contribution in [3.8, 4) is 0 Å². The predicted octanol–water partition coefficient (Wildman–Crippen LogP) is 1.62. The summed E-state index contributed by atoms with van der Waals surface area (Å²) < 4.78 is 33.2. The number of aryl methyl sites for hydroxylation is 1. The van der Waals surface area contributed by atoms with E-state index in [1.165, 1.54) is 0 Å². The first-order valence-electron chi connectivity index (χ1n) is 7.58. The Balaban J connectivity index is 1.70. The molecule has 7 heteroatoms. The number of rotatable bonds is 4. The zero-order chi connectivity index (χ0) is 15.9. The molecule has 1 saturated carbocycles. The average molecular weight is 313 g/mol. The Morgan fingerprint density at radius 2 is 2.23 bits per heavy atom. The van der Waals surface area contributed by atoms with E-state index in [0.717, 1.165) is 12.0 Å². The van der Waals surface area contributed by atoms with Crippen LogP contribution in [0.1, 0.15) is 24.8 Å². The molecule has 2 fully saturated rings. The van der Waals surface area contributed by atoms with Crippen LogP contribution in [0.3, 0.4) is 0 Å². The molecule has 1 aliphatic carbocycles. The molecule has 1 amide bonds. The molecule has 0 N–H and O–H groups in total. The number of carbonyl (C=O) groups excluding carboxylic acids is 1. The Kier molecular flexibility index (Phi) is 3.92. The van der Waals surface area contributed by atoms with Gasteiger partial charge in [-0.3, -0.25) is 9.48 Å². The molecule has 0 radical (unpaired) electrons. The molecule has 22 heavy (non-hydrogen) atoms. The van der Waals surface area contributed by atoms with Crippen LogP contribution in [0, 0.1) is 5.92 Å². The largest absolute Gasteiger partial charge is 0.379 e. The maximum absolute atomic E-state index is 13.0. The van der Waals surface area contributed by atoms with Gasteiger partial charge in [-0.05, 0) is 18.4 Å². The van der Waals surface area contributed by atoms with Crippen LogP contribution in [0.25, 0.3) is 0 Å². The fourth-order valence-electron chi connectivity index (χ4n) is 3.50. The van der Waals surface area contributed by atoms with E-state index < -0.39 is 11.8 Å².